The first-order valence-electron chi connectivity index (χ1n) is 7.79. The predicted octanol–water partition coefficient (Wildman–Crippen LogP) is 2.44. The SMILES string of the molecule is CN(CC1Cc2ccccc2N1)CC1(N(C)C)CCC1. The molecule has 1 unspecified atom stereocenters. The second-order valence-electron chi connectivity index (χ2n) is 6.87. The van der Waals surface area contributed by atoms with E-state index in [-0.39, 0.29) is 0 Å². The maximum atomic E-state index is 3.66. The van der Waals surface area contributed by atoms with Crippen molar-refractivity contribution < 1.29 is 0 Å². The van der Waals surface area contributed by atoms with E-state index in [0.717, 1.165) is 13.0 Å². The second kappa shape index (κ2) is 5.38. The molecule has 0 saturated heterocycles. The number of anilines is 1. The lowest BCUT2D eigenvalue weighted by molar-refractivity contribution is 0.0271. The van der Waals surface area contributed by atoms with Gasteiger partial charge in [0.15, 0.2) is 0 Å². The van der Waals surface area contributed by atoms with E-state index in [0.29, 0.717) is 11.6 Å². The number of likely N-dealkylation sites (N-methyl/N-ethyl adjacent to an activating group) is 2. The fourth-order valence-corrected chi connectivity index (χ4v) is 3.76. The molecule has 0 spiro atoms. The van der Waals surface area contributed by atoms with Crippen LogP contribution in [0.3, 0.4) is 0 Å². The van der Waals surface area contributed by atoms with E-state index in [1.807, 2.05) is 0 Å². The Kier molecular flexibility index (Phi) is 3.74. The van der Waals surface area contributed by atoms with E-state index in [4.69, 9.17) is 0 Å². The van der Waals surface area contributed by atoms with Gasteiger partial charge < -0.3 is 15.1 Å². The first-order chi connectivity index (χ1) is 9.59. The molecular formula is C17H27N3. The highest BCUT2D eigenvalue weighted by atomic mass is 15.2. The van der Waals surface area contributed by atoms with Gasteiger partial charge >= 0.3 is 0 Å². The zero-order valence-electron chi connectivity index (χ0n) is 13.0. The summed E-state index contributed by atoms with van der Waals surface area (Å²) >= 11 is 0. The van der Waals surface area contributed by atoms with Crippen LogP contribution in [0, 0.1) is 0 Å². The molecule has 3 nitrogen and oxygen atoms in total. The maximum Gasteiger partial charge on any atom is 0.0429 e. The Balaban J connectivity index is 1.54. The van der Waals surface area contributed by atoms with Crippen molar-refractivity contribution in [3.05, 3.63) is 29.8 Å². The number of nitrogens with one attached hydrogen (secondary N) is 1. The van der Waals surface area contributed by atoms with Crippen LogP contribution in [0.1, 0.15) is 24.8 Å². The molecule has 1 atom stereocenters. The molecule has 1 aliphatic heterocycles. The van der Waals surface area contributed by atoms with E-state index < -0.39 is 0 Å². The molecule has 1 aromatic carbocycles. The van der Waals surface area contributed by atoms with Crippen molar-refractivity contribution >= 4 is 5.69 Å². The molecule has 2 aliphatic rings. The van der Waals surface area contributed by atoms with Gasteiger partial charge in [-0.05, 0) is 58.5 Å². The molecule has 0 radical (unpaired) electrons. The summed E-state index contributed by atoms with van der Waals surface area (Å²) in [6, 6.07) is 9.27. The fourth-order valence-electron chi connectivity index (χ4n) is 3.76. The summed E-state index contributed by atoms with van der Waals surface area (Å²) in [5.41, 5.74) is 3.23. The Hall–Kier alpha value is -1.06. The van der Waals surface area contributed by atoms with Gasteiger partial charge in [0.1, 0.15) is 0 Å². The standard InChI is InChI=1S/C17H27N3/c1-19(2)17(9-6-10-17)13-20(3)12-15-11-14-7-4-5-8-16(14)18-15/h4-5,7-8,15,18H,6,9-13H2,1-3H3. The van der Waals surface area contributed by atoms with Crippen LogP contribution in [-0.4, -0.2) is 55.6 Å². The van der Waals surface area contributed by atoms with Gasteiger partial charge in [0.05, 0.1) is 0 Å². The Bertz CT molecular complexity index is 440. The van der Waals surface area contributed by atoms with Gasteiger partial charge in [0.25, 0.3) is 0 Å². The van der Waals surface area contributed by atoms with Crippen LogP contribution in [0.2, 0.25) is 0 Å². The van der Waals surface area contributed by atoms with Crippen molar-refractivity contribution in [2.45, 2.75) is 37.3 Å². The average molecular weight is 273 g/mol. The van der Waals surface area contributed by atoms with Crippen LogP contribution in [0.15, 0.2) is 24.3 Å². The summed E-state index contributed by atoms with van der Waals surface area (Å²) < 4.78 is 0. The Morgan fingerprint density at radius 2 is 1.95 bits per heavy atom. The molecular weight excluding hydrogens is 246 g/mol. The highest BCUT2D eigenvalue weighted by molar-refractivity contribution is 5.56. The smallest absolute Gasteiger partial charge is 0.0429 e. The lowest BCUT2D eigenvalue weighted by Crippen LogP contribution is -2.57. The molecule has 1 fully saturated rings. The summed E-state index contributed by atoms with van der Waals surface area (Å²) in [4.78, 5) is 4.95. The Labute approximate surface area is 123 Å². The van der Waals surface area contributed by atoms with Gasteiger partial charge in [0.2, 0.25) is 0 Å². The molecule has 1 heterocycles. The van der Waals surface area contributed by atoms with E-state index >= 15 is 0 Å². The Morgan fingerprint density at radius 3 is 2.55 bits per heavy atom. The summed E-state index contributed by atoms with van der Waals surface area (Å²) in [5.74, 6) is 0. The summed E-state index contributed by atoms with van der Waals surface area (Å²) in [5, 5.41) is 3.66. The maximum absolute atomic E-state index is 3.66. The molecule has 0 bridgehead atoms. The lowest BCUT2D eigenvalue weighted by atomic mass is 9.75. The molecule has 3 heteroatoms. The minimum atomic E-state index is 0.431. The molecule has 0 amide bonds. The van der Waals surface area contributed by atoms with Gasteiger partial charge in [-0.3, -0.25) is 0 Å². The molecule has 1 aliphatic carbocycles. The fraction of sp³-hybridized carbons (Fsp3) is 0.647. The van der Waals surface area contributed by atoms with E-state index in [9.17, 15) is 0 Å². The van der Waals surface area contributed by atoms with Crippen molar-refractivity contribution in [3.63, 3.8) is 0 Å². The number of hydrogen-bond donors (Lipinski definition) is 1. The number of nitrogens with zero attached hydrogens (tertiary/aromatic N) is 2. The van der Waals surface area contributed by atoms with Gasteiger partial charge in [-0.25, -0.2) is 0 Å². The quantitative estimate of drug-likeness (QED) is 0.889. The highest BCUT2D eigenvalue weighted by Crippen LogP contribution is 2.36. The summed E-state index contributed by atoms with van der Waals surface area (Å²) in [7, 11) is 6.74. The molecule has 0 aromatic heterocycles. The van der Waals surface area contributed by atoms with E-state index in [1.165, 1.54) is 37.1 Å². The van der Waals surface area contributed by atoms with Gasteiger partial charge in [-0.1, -0.05) is 18.2 Å². The predicted molar refractivity (Wildman–Crippen MR) is 85.3 cm³/mol. The van der Waals surface area contributed by atoms with Crippen LogP contribution in [0.25, 0.3) is 0 Å². The summed E-state index contributed by atoms with van der Waals surface area (Å²) in [6.45, 7) is 2.32. The third kappa shape index (κ3) is 2.57. The van der Waals surface area contributed by atoms with Crippen LogP contribution < -0.4 is 5.32 Å². The van der Waals surface area contributed by atoms with Crippen LogP contribution in [-0.2, 0) is 6.42 Å². The largest absolute Gasteiger partial charge is 0.380 e. The van der Waals surface area contributed by atoms with Crippen LogP contribution in [0.4, 0.5) is 5.69 Å². The van der Waals surface area contributed by atoms with Crippen molar-refractivity contribution in [1.82, 2.24) is 9.80 Å². The second-order valence-corrected chi connectivity index (χ2v) is 6.87. The topological polar surface area (TPSA) is 18.5 Å². The normalized spacial score (nSPS) is 23.6. The van der Waals surface area contributed by atoms with Gasteiger partial charge in [-0.15, -0.1) is 0 Å². The number of hydrogen-bond acceptors (Lipinski definition) is 3. The molecule has 20 heavy (non-hydrogen) atoms. The minimum absolute atomic E-state index is 0.431. The highest BCUT2D eigenvalue weighted by Gasteiger charge is 2.40. The van der Waals surface area contributed by atoms with Gasteiger partial charge in [-0.2, -0.15) is 0 Å². The van der Waals surface area contributed by atoms with Crippen molar-refractivity contribution in [1.29, 1.82) is 0 Å². The number of benzene rings is 1. The minimum Gasteiger partial charge on any atom is -0.380 e. The first-order valence-corrected chi connectivity index (χ1v) is 7.79. The third-order valence-corrected chi connectivity index (χ3v) is 5.17. The molecule has 1 N–H and O–H groups in total. The lowest BCUT2D eigenvalue weighted by Gasteiger charge is -2.49. The van der Waals surface area contributed by atoms with Crippen molar-refractivity contribution in [2.24, 2.45) is 0 Å². The molecule has 110 valence electrons. The Morgan fingerprint density at radius 1 is 1.20 bits per heavy atom. The molecule has 1 saturated carbocycles. The molecule has 1 aromatic rings. The number of rotatable bonds is 5. The number of para-hydroxylation sites is 1. The van der Waals surface area contributed by atoms with Crippen LogP contribution in [0.5, 0.6) is 0 Å². The number of fused-ring (bicyclic) bond motifs is 1. The third-order valence-electron chi connectivity index (χ3n) is 5.17. The monoisotopic (exact) mass is 273 g/mol. The average Bonchev–Trinajstić information content (AvgIpc) is 2.75. The zero-order valence-corrected chi connectivity index (χ0v) is 13.0. The van der Waals surface area contributed by atoms with E-state index in [1.54, 1.807) is 0 Å². The molecule has 3 rings (SSSR count). The van der Waals surface area contributed by atoms with Crippen LogP contribution >= 0.6 is 0 Å². The van der Waals surface area contributed by atoms with Gasteiger partial charge in [0, 0.05) is 30.4 Å². The van der Waals surface area contributed by atoms with E-state index in [2.05, 4.69) is 60.5 Å². The van der Waals surface area contributed by atoms with Crippen molar-refractivity contribution in [3.8, 4) is 0 Å². The first kappa shape index (κ1) is 13.9. The zero-order chi connectivity index (χ0) is 14.2. The summed E-state index contributed by atoms with van der Waals surface area (Å²) in [6.07, 6.45) is 5.25. The van der Waals surface area contributed by atoms with Crippen molar-refractivity contribution in [2.75, 3.05) is 39.5 Å².